The van der Waals surface area contributed by atoms with Crippen molar-refractivity contribution in [3.05, 3.63) is 65.9 Å². The van der Waals surface area contributed by atoms with E-state index in [2.05, 4.69) is 46.4 Å². The number of ether oxygens (including phenoxy) is 1. The lowest BCUT2D eigenvalue weighted by molar-refractivity contribution is 0.415. The summed E-state index contributed by atoms with van der Waals surface area (Å²) in [7, 11) is 1.66. The van der Waals surface area contributed by atoms with Crippen LogP contribution in [0.3, 0.4) is 0 Å². The maximum atomic E-state index is 5.21. The third-order valence-corrected chi connectivity index (χ3v) is 4.63. The van der Waals surface area contributed by atoms with E-state index in [0.29, 0.717) is 6.04 Å². The summed E-state index contributed by atoms with van der Waals surface area (Å²) in [4.78, 5) is 11.7. The number of methoxy groups -OCH3 is 1. The van der Waals surface area contributed by atoms with Crippen LogP contribution in [0, 0.1) is 6.92 Å². The minimum atomic E-state index is 0.336. The molecule has 0 saturated heterocycles. The average molecular weight is 346 g/mol. The molecule has 0 fully saturated rings. The third kappa shape index (κ3) is 3.08. The summed E-state index contributed by atoms with van der Waals surface area (Å²) in [6.07, 6.45) is 1.01. The van der Waals surface area contributed by atoms with E-state index < -0.39 is 0 Å². The largest absolute Gasteiger partial charge is 0.497 e. The summed E-state index contributed by atoms with van der Waals surface area (Å²) >= 11 is 0. The number of hydrogen-bond donors (Lipinski definition) is 1. The van der Waals surface area contributed by atoms with Gasteiger partial charge in [0.15, 0.2) is 0 Å². The van der Waals surface area contributed by atoms with Crippen molar-refractivity contribution in [1.82, 2.24) is 9.97 Å². The number of anilines is 4. The lowest BCUT2D eigenvalue weighted by Crippen LogP contribution is -2.26. The Labute approximate surface area is 153 Å². The fourth-order valence-electron chi connectivity index (χ4n) is 3.42. The van der Waals surface area contributed by atoms with Crippen LogP contribution in [-0.2, 0) is 6.42 Å². The molecule has 0 amide bonds. The second kappa shape index (κ2) is 6.67. The van der Waals surface area contributed by atoms with Crippen LogP contribution in [0.5, 0.6) is 5.75 Å². The van der Waals surface area contributed by atoms with Gasteiger partial charge in [0.05, 0.1) is 7.11 Å². The lowest BCUT2D eigenvalue weighted by Gasteiger charge is -2.23. The van der Waals surface area contributed by atoms with E-state index >= 15 is 0 Å². The van der Waals surface area contributed by atoms with E-state index in [1.54, 1.807) is 7.11 Å². The number of aryl methyl sites for hydroxylation is 1. The summed E-state index contributed by atoms with van der Waals surface area (Å²) in [5, 5.41) is 3.37. The van der Waals surface area contributed by atoms with Crippen molar-refractivity contribution in [1.29, 1.82) is 0 Å². The molecule has 5 nitrogen and oxygen atoms in total. The number of fused-ring (bicyclic) bond motifs is 1. The summed E-state index contributed by atoms with van der Waals surface area (Å²) in [6.45, 7) is 4.21. The molecule has 1 N–H and O–H groups in total. The minimum absolute atomic E-state index is 0.336. The molecule has 26 heavy (non-hydrogen) atoms. The van der Waals surface area contributed by atoms with Crippen LogP contribution in [0.2, 0.25) is 0 Å². The molecule has 0 radical (unpaired) electrons. The van der Waals surface area contributed by atoms with Crippen molar-refractivity contribution in [3.8, 4) is 5.75 Å². The number of nitrogens with one attached hydrogen (secondary N) is 1. The number of para-hydroxylation sites is 1. The fraction of sp³-hybridized carbons (Fsp3) is 0.238. The van der Waals surface area contributed by atoms with Gasteiger partial charge in [0, 0.05) is 29.2 Å². The Morgan fingerprint density at radius 1 is 1.08 bits per heavy atom. The normalized spacial score (nSPS) is 15.7. The molecule has 0 spiro atoms. The van der Waals surface area contributed by atoms with E-state index in [1.165, 1.54) is 11.3 Å². The van der Waals surface area contributed by atoms with Crippen molar-refractivity contribution < 1.29 is 4.74 Å². The van der Waals surface area contributed by atoms with Gasteiger partial charge in [0.2, 0.25) is 5.95 Å². The smallest absolute Gasteiger partial charge is 0.232 e. The minimum Gasteiger partial charge on any atom is -0.497 e. The number of rotatable bonds is 4. The molecule has 0 bridgehead atoms. The number of aromatic nitrogens is 2. The SMILES string of the molecule is COc1ccc(Nc2cc(C)nc(N3c4ccccc4CC3C)n2)cc1. The summed E-state index contributed by atoms with van der Waals surface area (Å²) in [6, 6.07) is 18.6. The highest BCUT2D eigenvalue weighted by molar-refractivity contribution is 5.68. The molecule has 3 aromatic rings. The Morgan fingerprint density at radius 3 is 2.62 bits per heavy atom. The van der Waals surface area contributed by atoms with Crippen LogP contribution < -0.4 is 15.0 Å². The van der Waals surface area contributed by atoms with Crippen LogP contribution in [0.1, 0.15) is 18.2 Å². The molecular weight excluding hydrogens is 324 g/mol. The molecule has 1 unspecified atom stereocenters. The topological polar surface area (TPSA) is 50.3 Å². The van der Waals surface area contributed by atoms with Crippen molar-refractivity contribution in [2.45, 2.75) is 26.3 Å². The maximum absolute atomic E-state index is 5.21. The van der Waals surface area contributed by atoms with E-state index in [0.717, 1.165) is 35.3 Å². The second-order valence-electron chi connectivity index (χ2n) is 6.60. The molecule has 1 aliphatic rings. The molecule has 0 aliphatic carbocycles. The number of nitrogens with zero attached hydrogens (tertiary/aromatic N) is 3. The predicted molar refractivity (Wildman–Crippen MR) is 105 cm³/mol. The van der Waals surface area contributed by atoms with Crippen LogP contribution in [-0.4, -0.2) is 23.1 Å². The highest BCUT2D eigenvalue weighted by atomic mass is 16.5. The van der Waals surface area contributed by atoms with Gasteiger partial charge in [0.25, 0.3) is 0 Å². The molecule has 4 rings (SSSR count). The van der Waals surface area contributed by atoms with Crippen molar-refractivity contribution in [2.24, 2.45) is 0 Å². The summed E-state index contributed by atoms with van der Waals surface area (Å²) in [5.41, 5.74) is 4.43. The average Bonchev–Trinajstić information content (AvgIpc) is 2.97. The van der Waals surface area contributed by atoms with E-state index in [-0.39, 0.29) is 0 Å². The van der Waals surface area contributed by atoms with Gasteiger partial charge in [-0.2, -0.15) is 4.98 Å². The highest BCUT2D eigenvalue weighted by Crippen LogP contribution is 2.37. The van der Waals surface area contributed by atoms with Crippen LogP contribution >= 0.6 is 0 Å². The summed E-state index contributed by atoms with van der Waals surface area (Å²) < 4.78 is 5.21. The summed E-state index contributed by atoms with van der Waals surface area (Å²) in [5.74, 6) is 2.35. The molecule has 2 heterocycles. The number of hydrogen-bond acceptors (Lipinski definition) is 5. The standard InChI is InChI=1S/C21H22N4O/c1-14-12-20(23-17-8-10-18(26-3)11-9-17)24-21(22-14)25-15(2)13-16-6-4-5-7-19(16)25/h4-12,15H,13H2,1-3H3,(H,22,23,24). The molecule has 2 aromatic carbocycles. The van der Waals surface area contributed by atoms with Gasteiger partial charge in [-0.05, 0) is 56.2 Å². The van der Waals surface area contributed by atoms with Gasteiger partial charge >= 0.3 is 0 Å². The first-order valence-electron chi connectivity index (χ1n) is 8.78. The van der Waals surface area contributed by atoms with Crippen LogP contribution in [0.4, 0.5) is 23.1 Å². The Morgan fingerprint density at radius 2 is 1.85 bits per heavy atom. The molecular formula is C21H22N4O. The maximum Gasteiger partial charge on any atom is 0.232 e. The van der Waals surface area contributed by atoms with Crippen molar-refractivity contribution in [2.75, 3.05) is 17.3 Å². The van der Waals surface area contributed by atoms with Gasteiger partial charge in [0.1, 0.15) is 11.6 Å². The Hall–Kier alpha value is -3.08. The second-order valence-corrected chi connectivity index (χ2v) is 6.60. The van der Waals surface area contributed by atoms with Gasteiger partial charge in [-0.1, -0.05) is 18.2 Å². The zero-order valence-electron chi connectivity index (χ0n) is 15.2. The van der Waals surface area contributed by atoms with E-state index in [9.17, 15) is 0 Å². The Balaban J connectivity index is 1.66. The van der Waals surface area contributed by atoms with Gasteiger partial charge < -0.3 is 15.0 Å². The quantitative estimate of drug-likeness (QED) is 0.747. The van der Waals surface area contributed by atoms with Crippen molar-refractivity contribution >= 4 is 23.1 Å². The van der Waals surface area contributed by atoms with Gasteiger partial charge in [-0.3, -0.25) is 0 Å². The lowest BCUT2D eigenvalue weighted by atomic mass is 10.1. The zero-order chi connectivity index (χ0) is 18.1. The van der Waals surface area contributed by atoms with Crippen molar-refractivity contribution in [3.63, 3.8) is 0 Å². The number of benzene rings is 2. The zero-order valence-corrected chi connectivity index (χ0v) is 15.2. The molecule has 1 atom stereocenters. The first kappa shape index (κ1) is 16.4. The first-order chi connectivity index (χ1) is 12.6. The molecule has 0 saturated carbocycles. The molecule has 1 aromatic heterocycles. The predicted octanol–water partition coefficient (Wildman–Crippen LogP) is 4.62. The van der Waals surface area contributed by atoms with E-state index in [1.807, 2.05) is 37.3 Å². The van der Waals surface area contributed by atoms with E-state index in [4.69, 9.17) is 9.72 Å². The Bertz CT molecular complexity index is 924. The van der Waals surface area contributed by atoms with Gasteiger partial charge in [-0.15, -0.1) is 0 Å². The Kier molecular flexibility index (Phi) is 4.21. The molecule has 132 valence electrons. The monoisotopic (exact) mass is 346 g/mol. The van der Waals surface area contributed by atoms with Crippen LogP contribution in [0.25, 0.3) is 0 Å². The third-order valence-electron chi connectivity index (χ3n) is 4.63. The molecule has 1 aliphatic heterocycles. The van der Waals surface area contributed by atoms with Crippen LogP contribution in [0.15, 0.2) is 54.6 Å². The highest BCUT2D eigenvalue weighted by Gasteiger charge is 2.29. The first-order valence-corrected chi connectivity index (χ1v) is 8.78. The fourth-order valence-corrected chi connectivity index (χ4v) is 3.42. The molecule has 5 heteroatoms. The van der Waals surface area contributed by atoms with Gasteiger partial charge in [-0.25, -0.2) is 4.98 Å².